The van der Waals surface area contributed by atoms with Crippen molar-refractivity contribution in [3.63, 3.8) is 0 Å². The number of Topliss-reactive ketones (excluding diaryl/α,β-unsaturated/α-hetero) is 1. The van der Waals surface area contributed by atoms with E-state index >= 15 is 0 Å². The van der Waals surface area contributed by atoms with Crippen molar-refractivity contribution in [1.82, 2.24) is 25.6 Å². The number of fused-ring (bicyclic) bond motifs is 2. The molecule has 5 atom stereocenters. The van der Waals surface area contributed by atoms with E-state index in [0.29, 0.717) is 57.9 Å². The third-order valence-electron chi connectivity index (χ3n) is 9.11. The Bertz CT molecular complexity index is 1360. The fraction of sp³-hybridized carbons (Fsp3) is 0.606. The lowest BCUT2D eigenvalue weighted by atomic mass is 9.95. The molecule has 44 heavy (non-hydrogen) atoms. The molecule has 0 spiro atoms. The van der Waals surface area contributed by atoms with Crippen molar-refractivity contribution in [3.8, 4) is 0 Å². The summed E-state index contributed by atoms with van der Waals surface area (Å²) in [5.41, 5.74) is 1.62. The van der Waals surface area contributed by atoms with Gasteiger partial charge in [-0.3, -0.25) is 24.0 Å². The molecule has 4 rings (SSSR count). The molecule has 11 heteroatoms. The fourth-order valence-corrected chi connectivity index (χ4v) is 6.21. The molecule has 2 aliphatic heterocycles. The van der Waals surface area contributed by atoms with Crippen LogP contribution < -0.4 is 20.8 Å². The Morgan fingerprint density at radius 1 is 0.977 bits per heavy atom. The lowest BCUT2D eigenvalue weighted by Crippen LogP contribution is -2.62. The standard InChI is InChI=1S/C33H47N5O6/c1-5-21(3)29-33(43)37-18-12-17-28(37)32(42)34-25(15-9-7-8-13-23(39)6-2)30(40)35-26(31(41)36-29)19-22-20-38(44-4)27-16-11-10-14-24(22)27/h10-11,14,16,20-21,25-26,28-29H,5-9,12-13,15,17-19H2,1-4H3,(H,34,42)(H,35,40)(H,36,41)/t21-,25+,26+,28-,29?/m1/s1. The molecule has 3 N–H and O–H groups in total. The minimum absolute atomic E-state index is 0.155. The molecule has 11 nitrogen and oxygen atoms in total. The van der Waals surface area contributed by atoms with E-state index in [4.69, 9.17) is 4.84 Å². The van der Waals surface area contributed by atoms with Crippen LogP contribution in [-0.2, 0) is 30.4 Å². The Hall–Kier alpha value is -3.89. The van der Waals surface area contributed by atoms with E-state index in [-0.39, 0.29) is 29.9 Å². The predicted molar refractivity (Wildman–Crippen MR) is 167 cm³/mol. The molecule has 2 saturated heterocycles. The van der Waals surface area contributed by atoms with Crippen LogP contribution in [0.4, 0.5) is 0 Å². The molecule has 0 radical (unpaired) electrons. The third kappa shape index (κ3) is 7.60. The second kappa shape index (κ2) is 15.2. The Labute approximate surface area is 259 Å². The second-order valence-corrected chi connectivity index (χ2v) is 12.1. The molecule has 2 fully saturated rings. The Kier molecular flexibility index (Phi) is 11.4. The smallest absolute Gasteiger partial charge is 0.246 e. The zero-order chi connectivity index (χ0) is 31.8. The highest BCUT2D eigenvalue weighted by Crippen LogP contribution is 2.24. The van der Waals surface area contributed by atoms with Gasteiger partial charge in [-0.2, -0.15) is 4.73 Å². The van der Waals surface area contributed by atoms with Crippen LogP contribution in [-0.4, -0.2) is 76.9 Å². The van der Waals surface area contributed by atoms with Crippen LogP contribution >= 0.6 is 0 Å². The zero-order valence-corrected chi connectivity index (χ0v) is 26.4. The van der Waals surface area contributed by atoms with E-state index in [0.717, 1.165) is 22.9 Å². The van der Waals surface area contributed by atoms with E-state index in [1.165, 1.54) is 0 Å². The summed E-state index contributed by atoms with van der Waals surface area (Å²) in [6.07, 6.45) is 7.18. The van der Waals surface area contributed by atoms with Gasteiger partial charge in [0.1, 0.15) is 37.1 Å². The first kappa shape index (κ1) is 33.0. The number of aromatic nitrogens is 1. The average Bonchev–Trinajstić information content (AvgIpc) is 3.66. The summed E-state index contributed by atoms with van der Waals surface area (Å²) in [5.74, 6) is -1.51. The molecule has 0 saturated carbocycles. The SMILES string of the molecule is CCC(=O)CCCCC[C@@H]1NC(=O)[C@H]2CCCN2C(=O)C([C@H](C)CC)NC(=O)[C@H](Cc2cn(OC)c3ccccc23)NC1=O. The highest BCUT2D eigenvalue weighted by atomic mass is 16.6. The first-order chi connectivity index (χ1) is 21.2. The summed E-state index contributed by atoms with van der Waals surface area (Å²) in [6, 6.07) is 4.21. The first-order valence-electron chi connectivity index (χ1n) is 16.0. The molecule has 0 bridgehead atoms. The van der Waals surface area contributed by atoms with Gasteiger partial charge in [0, 0.05) is 37.4 Å². The van der Waals surface area contributed by atoms with Gasteiger partial charge in [0.2, 0.25) is 23.6 Å². The van der Waals surface area contributed by atoms with Crippen molar-refractivity contribution in [2.24, 2.45) is 5.92 Å². The van der Waals surface area contributed by atoms with Gasteiger partial charge in [-0.1, -0.05) is 58.2 Å². The van der Waals surface area contributed by atoms with E-state index < -0.39 is 36.0 Å². The first-order valence-corrected chi connectivity index (χ1v) is 16.0. The Balaban J connectivity index is 1.65. The van der Waals surface area contributed by atoms with E-state index in [1.807, 2.05) is 45.0 Å². The van der Waals surface area contributed by atoms with Crippen LogP contribution in [0.3, 0.4) is 0 Å². The van der Waals surface area contributed by atoms with Crippen molar-refractivity contribution in [1.29, 1.82) is 0 Å². The molecule has 1 aromatic carbocycles. The highest BCUT2D eigenvalue weighted by Gasteiger charge is 2.41. The summed E-state index contributed by atoms with van der Waals surface area (Å²) >= 11 is 0. The maximum Gasteiger partial charge on any atom is 0.246 e. The third-order valence-corrected chi connectivity index (χ3v) is 9.11. The topological polar surface area (TPSA) is 139 Å². The second-order valence-electron chi connectivity index (χ2n) is 12.1. The molecular weight excluding hydrogens is 562 g/mol. The fourth-order valence-electron chi connectivity index (χ4n) is 6.21. The Morgan fingerprint density at radius 3 is 2.43 bits per heavy atom. The van der Waals surface area contributed by atoms with Gasteiger partial charge >= 0.3 is 0 Å². The molecule has 240 valence electrons. The summed E-state index contributed by atoms with van der Waals surface area (Å²) in [5, 5.41) is 9.69. The maximum absolute atomic E-state index is 14.0. The van der Waals surface area contributed by atoms with Gasteiger partial charge < -0.3 is 25.7 Å². The van der Waals surface area contributed by atoms with Gasteiger partial charge in [0.25, 0.3) is 0 Å². The summed E-state index contributed by atoms with van der Waals surface area (Å²) in [7, 11) is 1.56. The van der Waals surface area contributed by atoms with Crippen molar-refractivity contribution in [2.75, 3.05) is 13.7 Å². The molecule has 2 aromatic rings. The van der Waals surface area contributed by atoms with E-state index in [2.05, 4.69) is 16.0 Å². The van der Waals surface area contributed by atoms with Gasteiger partial charge in [0.15, 0.2) is 0 Å². The van der Waals surface area contributed by atoms with Crippen LogP contribution in [0.1, 0.15) is 84.1 Å². The lowest BCUT2D eigenvalue weighted by Gasteiger charge is -2.34. The quantitative estimate of drug-likeness (QED) is 0.317. The largest absolute Gasteiger partial charge is 0.417 e. The molecular formula is C33H47N5O6. The van der Waals surface area contributed by atoms with E-state index in [1.54, 1.807) is 22.9 Å². The Morgan fingerprint density at radius 2 is 1.70 bits per heavy atom. The van der Waals surface area contributed by atoms with Crippen molar-refractivity contribution < 1.29 is 28.8 Å². The summed E-state index contributed by atoms with van der Waals surface area (Å²) < 4.78 is 1.62. The highest BCUT2D eigenvalue weighted by molar-refractivity contribution is 5.98. The monoisotopic (exact) mass is 609 g/mol. The molecule has 0 aliphatic carbocycles. The van der Waals surface area contributed by atoms with Gasteiger partial charge in [0.05, 0.1) is 5.52 Å². The van der Waals surface area contributed by atoms with Crippen LogP contribution in [0.25, 0.3) is 10.9 Å². The van der Waals surface area contributed by atoms with Crippen LogP contribution in [0.2, 0.25) is 0 Å². The summed E-state index contributed by atoms with van der Waals surface area (Å²) in [6.45, 7) is 6.12. The normalized spacial score (nSPS) is 23.7. The van der Waals surface area contributed by atoms with Gasteiger partial charge in [-0.25, -0.2) is 0 Å². The number of ketones is 1. The van der Waals surface area contributed by atoms with Crippen molar-refractivity contribution in [3.05, 3.63) is 36.0 Å². The number of hydrogen-bond acceptors (Lipinski definition) is 6. The molecule has 1 aromatic heterocycles. The number of unbranched alkanes of at least 4 members (excludes halogenated alkanes) is 2. The number of carbonyl (C=O) groups excluding carboxylic acids is 5. The minimum atomic E-state index is -1.01. The van der Waals surface area contributed by atoms with Crippen LogP contribution in [0.5, 0.6) is 0 Å². The molecule has 1 unspecified atom stereocenters. The number of rotatable bonds is 12. The molecule has 2 aliphatic rings. The van der Waals surface area contributed by atoms with Crippen molar-refractivity contribution >= 4 is 40.3 Å². The maximum atomic E-state index is 14.0. The van der Waals surface area contributed by atoms with Gasteiger partial charge in [-0.15, -0.1) is 0 Å². The van der Waals surface area contributed by atoms with Crippen LogP contribution in [0.15, 0.2) is 30.5 Å². The number of benzene rings is 1. The van der Waals surface area contributed by atoms with E-state index in [9.17, 15) is 24.0 Å². The molecule has 4 amide bonds. The predicted octanol–water partition coefficient (Wildman–Crippen LogP) is 2.68. The number of para-hydroxylation sites is 1. The number of carbonyl (C=O) groups is 5. The van der Waals surface area contributed by atoms with Gasteiger partial charge in [-0.05, 0) is 43.2 Å². The minimum Gasteiger partial charge on any atom is -0.417 e. The lowest BCUT2D eigenvalue weighted by molar-refractivity contribution is -0.144. The molecule has 3 heterocycles. The number of nitrogens with one attached hydrogen (secondary N) is 3. The van der Waals surface area contributed by atoms with Crippen molar-refractivity contribution in [2.45, 2.75) is 109 Å². The number of hydrogen-bond donors (Lipinski definition) is 3. The van der Waals surface area contributed by atoms with Crippen LogP contribution in [0, 0.1) is 5.92 Å². The summed E-state index contributed by atoms with van der Waals surface area (Å²) in [4.78, 5) is 74.0. The number of amides is 4. The zero-order valence-electron chi connectivity index (χ0n) is 26.4. The average molecular weight is 610 g/mol. The number of nitrogens with zero attached hydrogens (tertiary/aromatic N) is 2.